The van der Waals surface area contributed by atoms with Crippen LogP contribution in [0.2, 0.25) is 0 Å². The standard InChI is InChI=1S/C10H14N2O/c1-7-3-2-4-8(5-7)9(11)6-10(12)13/h2-5,9H,6,11H2,1H3,(H2,12,13)/t9-/m1/s1. The second-order valence-corrected chi connectivity index (χ2v) is 3.19. The summed E-state index contributed by atoms with van der Waals surface area (Å²) in [7, 11) is 0. The van der Waals surface area contributed by atoms with Crippen molar-refractivity contribution in [1.29, 1.82) is 0 Å². The Balaban J connectivity index is 2.76. The Morgan fingerprint density at radius 1 is 1.54 bits per heavy atom. The highest BCUT2D eigenvalue weighted by Gasteiger charge is 2.08. The Bertz CT molecular complexity index is 310. The predicted octanol–water partition coefficient (Wildman–Crippen LogP) is 0.870. The Labute approximate surface area is 77.7 Å². The zero-order chi connectivity index (χ0) is 9.84. The second kappa shape index (κ2) is 4.05. The lowest BCUT2D eigenvalue weighted by Gasteiger charge is -2.09. The van der Waals surface area contributed by atoms with E-state index in [4.69, 9.17) is 11.5 Å². The van der Waals surface area contributed by atoms with Gasteiger partial charge in [0.15, 0.2) is 0 Å². The van der Waals surface area contributed by atoms with Crippen LogP contribution >= 0.6 is 0 Å². The summed E-state index contributed by atoms with van der Waals surface area (Å²) < 4.78 is 0. The summed E-state index contributed by atoms with van der Waals surface area (Å²) in [6.45, 7) is 1.99. The molecular weight excluding hydrogens is 164 g/mol. The van der Waals surface area contributed by atoms with Crippen LogP contribution in [0.15, 0.2) is 24.3 Å². The van der Waals surface area contributed by atoms with Gasteiger partial charge in [0.1, 0.15) is 0 Å². The lowest BCUT2D eigenvalue weighted by atomic mass is 10.0. The van der Waals surface area contributed by atoms with Crippen LogP contribution in [-0.4, -0.2) is 5.91 Å². The average Bonchev–Trinajstić information content (AvgIpc) is 2.03. The molecule has 13 heavy (non-hydrogen) atoms. The van der Waals surface area contributed by atoms with Crippen LogP contribution in [0, 0.1) is 6.92 Å². The zero-order valence-electron chi connectivity index (χ0n) is 7.66. The smallest absolute Gasteiger partial charge is 0.219 e. The third-order valence-corrected chi connectivity index (χ3v) is 1.89. The molecule has 0 aliphatic heterocycles. The van der Waals surface area contributed by atoms with Crippen LogP contribution in [0.1, 0.15) is 23.6 Å². The molecule has 0 spiro atoms. The maximum atomic E-state index is 10.6. The fourth-order valence-electron chi connectivity index (χ4n) is 1.24. The van der Waals surface area contributed by atoms with Gasteiger partial charge in [-0.3, -0.25) is 4.79 Å². The van der Waals surface area contributed by atoms with Gasteiger partial charge in [-0.05, 0) is 12.5 Å². The maximum Gasteiger partial charge on any atom is 0.219 e. The SMILES string of the molecule is Cc1cccc([C@H](N)CC(N)=O)c1. The largest absolute Gasteiger partial charge is 0.370 e. The van der Waals surface area contributed by atoms with Crippen molar-refractivity contribution in [2.24, 2.45) is 11.5 Å². The molecule has 1 aromatic carbocycles. The topological polar surface area (TPSA) is 69.1 Å². The van der Waals surface area contributed by atoms with Crippen LogP contribution in [0.25, 0.3) is 0 Å². The van der Waals surface area contributed by atoms with Crippen molar-refractivity contribution in [3.63, 3.8) is 0 Å². The molecule has 0 saturated heterocycles. The van der Waals surface area contributed by atoms with Crippen molar-refractivity contribution in [2.45, 2.75) is 19.4 Å². The highest BCUT2D eigenvalue weighted by molar-refractivity contribution is 5.74. The van der Waals surface area contributed by atoms with Crippen LogP contribution in [0.5, 0.6) is 0 Å². The number of primary amides is 1. The summed E-state index contributed by atoms with van der Waals surface area (Å²) in [5.74, 6) is -0.367. The minimum atomic E-state index is -0.367. The number of carbonyl (C=O) groups excluding carboxylic acids is 1. The van der Waals surface area contributed by atoms with E-state index in [1.165, 1.54) is 0 Å². The molecule has 0 aliphatic rings. The average molecular weight is 178 g/mol. The fraction of sp³-hybridized carbons (Fsp3) is 0.300. The molecule has 0 heterocycles. The fourth-order valence-corrected chi connectivity index (χ4v) is 1.24. The number of amides is 1. The Hall–Kier alpha value is -1.35. The maximum absolute atomic E-state index is 10.6. The van der Waals surface area contributed by atoms with E-state index in [0.29, 0.717) is 0 Å². The molecule has 0 aliphatic carbocycles. The van der Waals surface area contributed by atoms with E-state index in [1.807, 2.05) is 31.2 Å². The lowest BCUT2D eigenvalue weighted by Crippen LogP contribution is -2.20. The third-order valence-electron chi connectivity index (χ3n) is 1.89. The summed E-state index contributed by atoms with van der Waals surface area (Å²) >= 11 is 0. The molecule has 3 heteroatoms. The third kappa shape index (κ3) is 2.87. The molecule has 0 fully saturated rings. The van der Waals surface area contributed by atoms with Gasteiger partial charge in [-0.2, -0.15) is 0 Å². The van der Waals surface area contributed by atoms with Crippen molar-refractivity contribution in [2.75, 3.05) is 0 Å². The number of aryl methyl sites for hydroxylation is 1. The van der Waals surface area contributed by atoms with E-state index in [9.17, 15) is 4.79 Å². The molecule has 1 amide bonds. The lowest BCUT2D eigenvalue weighted by molar-refractivity contribution is -0.118. The summed E-state index contributed by atoms with van der Waals surface area (Å²) in [6.07, 6.45) is 0.198. The summed E-state index contributed by atoms with van der Waals surface area (Å²) in [4.78, 5) is 10.6. The first-order valence-electron chi connectivity index (χ1n) is 4.20. The van der Waals surface area contributed by atoms with Crippen LogP contribution in [0.3, 0.4) is 0 Å². The molecule has 0 unspecified atom stereocenters. The summed E-state index contributed by atoms with van der Waals surface area (Å²) in [5.41, 5.74) is 12.9. The number of benzene rings is 1. The Morgan fingerprint density at radius 2 is 2.23 bits per heavy atom. The van der Waals surface area contributed by atoms with Crippen LogP contribution in [-0.2, 0) is 4.79 Å². The number of carbonyl (C=O) groups is 1. The highest BCUT2D eigenvalue weighted by Crippen LogP contribution is 2.14. The first kappa shape index (κ1) is 9.74. The Kier molecular flexibility index (Phi) is 3.03. The number of rotatable bonds is 3. The van der Waals surface area contributed by atoms with Crippen molar-refractivity contribution < 1.29 is 4.79 Å². The second-order valence-electron chi connectivity index (χ2n) is 3.19. The highest BCUT2D eigenvalue weighted by atomic mass is 16.1. The van der Waals surface area contributed by atoms with Crippen molar-refractivity contribution in [1.82, 2.24) is 0 Å². The molecule has 0 radical (unpaired) electrons. The van der Waals surface area contributed by atoms with Gasteiger partial charge in [-0.15, -0.1) is 0 Å². The van der Waals surface area contributed by atoms with Crippen molar-refractivity contribution >= 4 is 5.91 Å². The zero-order valence-corrected chi connectivity index (χ0v) is 7.66. The van der Waals surface area contributed by atoms with E-state index >= 15 is 0 Å². The summed E-state index contributed by atoms with van der Waals surface area (Å²) in [5, 5.41) is 0. The van der Waals surface area contributed by atoms with Crippen molar-refractivity contribution in [3.05, 3.63) is 35.4 Å². The molecule has 70 valence electrons. The van der Waals surface area contributed by atoms with Crippen molar-refractivity contribution in [3.8, 4) is 0 Å². The van der Waals surface area contributed by atoms with Crippen LogP contribution in [0.4, 0.5) is 0 Å². The van der Waals surface area contributed by atoms with Gasteiger partial charge in [-0.1, -0.05) is 29.8 Å². The molecule has 0 bridgehead atoms. The van der Waals surface area contributed by atoms with E-state index in [-0.39, 0.29) is 18.4 Å². The molecule has 3 nitrogen and oxygen atoms in total. The number of hydrogen-bond acceptors (Lipinski definition) is 2. The van der Waals surface area contributed by atoms with Gasteiger partial charge in [0.05, 0.1) is 0 Å². The summed E-state index contributed by atoms with van der Waals surface area (Å²) in [6, 6.07) is 7.50. The Morgan fingerprint density at radius 3 is 2.77 bits per heavy atom. The van der Waals surface area contributed by atoms with E-state index in [2.05, 4.69) is 0 Å². The van der Waals surface area contributed by atoms with Gasteiger partial charge >= 0.3 is 0 Å². The molecule has 0 aromatic heterocycles. The number of nitrogens with two attached hydrogens (primary N) is 2. The minimum Gasteiger partial charge on any atom is -0.370 e. The van der Waals surface area contributed by atoms with E-state index in [0.717, 1.165) is 11.1 Å². The van der Waals surface area contributed by atoms with Gasteiger partial charge in [0.2, 0.25) is 5.91 Å². The molecule has 0 saturated carbocycles. The van der Waals surface area contributed by atoms with Gasteiger partial charge in [0, 0.05) is 12.5 Å². The first-order valence-corrected chi connectivity index (χ1v) is 4.20. The van der Waals surface area contributed by atoms with Crippen LogP contribution < -0.4 is 11.5 Å². The van der Waals surface area contributed by atoms with E-state index < -0.39 is 0 Å². The predicted molar refractivity (Wildman–Crippen MR) is 51.9 cm³/mol. The van der Waals surface area contributed by atoms with Gasteiger partial charge in [-0.25, -0.2) is 0 Å². The molecule has 1 rings (SSSR count). The quantitative estimate of drug-likeness (QED) is 0.721. The normalized spacial score (nSPS) is 12.5. The van der Waals surface area contributed by atoms with Gasteiger partial charge < -0.3 is 11.5 Å². The molecule has 4 N–H and O–H groups in total. The number of hydrogen-bond donors (Lipinski definition) is 2. The molecule has 1 aromatic rings. The monoisotopic (exact) mass is 178 g/mol. The van der Waals surface area contributed by atoms with Gasteiger partial charge in [0.25, 0.3) is 0 Å². The minimum absolute atomic E-state index is 0.198. The first-order chi connectivity index (χ1) is 6.09. The molecule has 1 atom stereocenters. The molecular formula is C10H14N2O. The van der Waals surface area contributed by atoms with E-state index in [1.54, 1.807) is 0 Å².